The summed E-state index contributed by atoms with van der Waals surface area (Å²) in [6.45, 7) is 5.05. The van der Waals surface area contributed by atoms with Crippen LogP contribution in [-0.4, -0.2) is 59.2 Å². The number of carboxylic acid groups (broad SMARTS) is 2. The second kappa shape index (κ2) is 30.4. The second-order valence-electron chi connectivity index (χ2n) is 10.1. The molecule has 0 aromatic heterocycles. The van der Waals surface area contributed by atoms with Gasteiger partial charge in [-0.3, -0.25) is 9.59 Å². The van der Waals surface area contributed by atoms with Gasteiger partial charge in [-0.1, -0.05) is 12.8 Å². The van der Waals surface area contributed by atoms with Crippen molar-refractivity contribution in [3.05, 3.63) is 124 Å². The third-order valence-corrected chi connectivity index (χ3v) is 5.94. The number of halogens is 6. The third-order valence-electron chi connectivity index (χ3n) is 5.94. The minimum Gasteiger partial charge on any atom is -0.475 e. The minimum absolute atomic E-state index is 0. The van der Waals surface area contributed by atoms with Gasteiger partial charge in [0, 0.05) is 69.7 Å². The number of unbranched alkanes of at least 4 members (excludes halogenated alkanes) is 3. The number of Topliss-reactive ketones (excluding diaryl/α,β-unsaturated/α-hetero) is 2. The molecule has 16 heteroatoms. The average molecular weight is 822 g/mol. The Morgan fingerprint density at radius 1 is 0.481 bits per heavy atom. The van der Waals surface area contributed by atoms with E-state index in [2.05, 4.69) is 10.6 Å². The predicted octanol–water partition coefficient (Wildman–Crippen LogP) is 8.48. The molecular formula is C36H40F6Fe2N2O6. The molecule has 0 bridgehead atoms. The Morgan fingerprint density at radius 3 is 0.865 bits per heavy atom. The molecule has 2 aliphatic carbocycles. The molecule has 0 amide bonds. The molecule has 8 nitrogen and oxygen atoms in total. The first-order chi connectivity index (χ1) is 23.4. The van der Waals surface area contributed by atoms with E-state index in [1.54, 1.807) is 13.8 Å². The van der Waals surface area contributed by atoms with Crippen molar-refractivity contribution in [1.29, 1.82) is 0 Å². The zero-order chi connectivity index (χ0) is 38.0. The Bertz CT molecular complexity index is 1140. The number of nitrogens with one attached hydrogen (secondary N) is 2. The fourth-order valence-electron chi connectivity index (χ4n) is 3.36. The molecule has 2 saturated carbocycles. The summed E-state index contributed by atoms with van der Waals surface area (Å²) in [5, 5.41) is 21.0. The van der Waals surface area contributed by atoms with Gasteiger partial charge in [-0.05, 0) is 139 Å². The van der Waals surface area contributed by atoms with E-state index in [-0.39, 0.29) is 45.7 Å². The molecule has 2 aliphatic rings. The van der Waals surface area contributed by atoms with Crippen molar-refractivity contribution < 1.29 is 89.9 Å². The van der Waals surface area contributed by atoms with E-state index in [1.807, 2.05) is 113 Å². The fourth-order valence-corrected chi connectivity index (χ4v) is 3.36. The summed E-state index contributed by atoms with van der Waals surface area (Å²) in [5.74, 6) is -5.32. The van der Waals surface area contributed by atoms with Crippen molar-refractivity contribution in [2.45, 2.75) is 51.9 Å². The van der Waals surface area contributed by atoms with Gasteiger partial charge < -0.3 is 20.8 Å². The van der Waals surface area contributed by atoms with Crippen LogP contribution in [0.25, 0.3) is 0 Å². The minimum atomic E-state index is -5.08. The third kappa shape index (κ3) is 29.5. The molecule has 4 N–H and O–H groups in total. The number of carbonyl (C=O) groups excluding carboxylic acids is 2. The Balaban J connectivity index is -0.000000744. The SMILES string of the molecule is CC(=O)c1ccc(NCCCCCCNc2ccc(C(C)=O)cc2)cc1.O=C(O)C(F)(F)F.O=C(O)C(F)(F)F.[CH]1[CH][CH][CH][CH]1.[CH]1[CH][CH][CH][CH]1.[Fe].[Fe]. The number of carboxylic acids is 2. The van der Waals surface area contributed by atoms with E-state index in [0.29, 0.717) is 0 Å². The van der Waals surface area contributed by atoms with Gasteiger partial charge in [0.1, 0.15) is 0 Å². The van der Waals surface area contributed by atoms with Crippen molar-refractivity contribution in [2.24, 2.45) is 0 Å². The van der Waals surface area contributed by atoms with Crippen molar-refractivity contribution in [3.8, 4) is 0 Å². The zero-order valence-corrected chi connectivity index (χ0v) is 30.3. The van der Waals surface area contributed by atoms with Gasteiger partial charge in [0.2, 0.25) is 0 Å². The van der Waals surface area contributed by atoms with Crippen LogP contribution in [0.2, 0.25) is 0 Å². The van der Waals surface area contributed by atoms with Crippen molar-refractivity contribution >= 4 is 34.9 Å². The Hall–Kier alpha value is -3.06. The van der Waals surface area contributed by atoms with E-state index in [0.717, 1.165) is 48.4 Å². The van der Waals surface area contributed by atoms with E-state index in [1.165, 1.54) is 12.8 Å². The van der Waals surface area contributed by atoms with Gasteiger partial charge >= 0.3 is 24.3 Å². The molecule has 52 heavy (non-hydrogen) atoms. The van der Waals surface area contributed by atoms with Crippen LogP contribution in [0.1, 0.15) is 60.2 Å². The van der Waals surface area contributed by atoms with Crippen LogP contribution >= 0.6 is 0 Å². The smallest absolute Gasteiger partial charge is 0.475 e. The standard InChI is InChI=1S/C22H28N2O2.2C5H5.2C2HF3O2.2Fe/c1-17(25)19-7-11-21(12-8-19)23-15-5-3-4-6-16-24-22-13-9-20(10-14-22)18(2)26;2*1-2-4-5-3-1;2*3-2(4,5)1(6)7;;/h7-14,23-24H,3-6,15-16H2,1-2H3;2*1-5H;2*(H,6,7);;. The topological polar surface area (TPSA) is 133 Å². The maximum atomic E-state index is 11.2. The van der Waals surface area contributed by atoms with Gasteiger partial charge in [0.15, 0.2) is 11.6 Å². The number of alkyl halides is 6. The van der Waals surface area contributed by atoms with Crippen molar-refractivity contribution in [1.82, 2.24) is 0 Å². The van der Waals surface area contributed by atoms with Gasteiger partial charge in [-0.2, -0.15) is 26.3 Å². The molecule has 0 unspecified atom stereocenters. The number of hydrogen-bond acceptors (Lipinski definition) is 6. The molecule has 0 aliphatic heterocycles. The number of rotatable bonds is 11. The number of anilines is 2. The van der Waals surface area contributed by atoms with E-state index < -0.39 is 24.3 Å². The van der Waals surface area contributed by atoms with Gasteiger partial charge in [-0.15, -0.1) is 0 Å². The van der Waals surface area contributed by atoms with E-state index in [9.17, 15) is 35.9 Å². The zero-order valence-electron chi connectivity index (χ0n) is 28.1. The molecule has 2 fully saturated rings. The molecular weight excluding hydrogens is 782 g/mol. The Kier molecular flexibility index (Phi) is 31.2. The van der Waals surface area contributed by atoms with Crippen molar-refractivity contribution in [2.75, 3.05) is 23.7 Å². The van der Waals surface area contributed by atoms with Crippen LogP contribution in [0.3, 0.4) is 0 Å². The quantitative estimate of drug-likeness (QED) is 0.0769. The van der Waals surface area contributed by atoms with Gasteiger partial charge in [0.05, 0.1) is 0 Å². The van der Waals surface area contributed by atoms with Crippen LogP contribution in [0.5, 0.6) is 0 Å². The number of aliphatic carboxylic acids is 2. The molecule has 2 aromatic carbocycles. The second-order valence-corrected chi connectivity index (χ2v) is 10.1. The average Bonchev–Trinajstić information content (AvgIpc) is 3.83. The number of carbonyl (C=O) groups is 4. The summed E-state index contributed by atoms with van der Waals surface area (Å²) in [6.07, 6.45) is 14.5. The molecule has 0 spiro atoms. The van der Waals surface area contributed by atoms with Crippen LogP contribution in [0.4, 0.5) is 37.7 Å². The van der Waals surface area contributed by atoms with E-state index >= 15 is 0 Å². The Morgan fingerprint density at radius 2 is 0.692 bits per heavy atom. The van der Waals surface area contributed by atoms with Crippen LogP contribution in [0, 0.1) is 64.2 Å². The number of hydrogen-bond donors (Lipinski definition) is 4. The molecule has 0 heterocycles. The predicted molar refractivity (Wildman–Crippen MR) is 179 cm³/mol. The molecule has 0 atom stereocenters. The molecule has 2 aromatic rings. The monoisotopic (exact) mass is 822 g/mol. The maximum absolute atomic E-state index is 11.2. The number of ketones is 2. The van der Waals surface area contributed by atoms with E-state index in [4.69, 9.17) is 19.8 Å². The first-order valence-corrected chi connectivity index (χ1v) is 15.1. The molecule has 10 radical (unpaired) electrons. The fraction of sp³-hybridized carbons (Fsp3) is 0.278. The van der Waals surface area contributed by atoms with Gasteiger partial charge in [0.25, 0.3) is 0 Å². The summed E-state index contributed by atoms with van der Waals surface area (Å²) >= 11 is 0. The molecule has 0 saturated heterocycles. The van der Waals surface area contributed by atoms with Gasteiger partial charge in [-0.25, -0.2) is 9.59 Å². The molecule has 288 valence electrons. The number of benzene rings is 2. The summed E-state index contributed by atoms with van der Waals surface area (Å²) in [6, 6.07) is 15.3. The Labute approximate surface area is 323 Å². The van der Waals surface area contributed by atoms with Crippen molar-refractivity contribution in [3.63, 3.8) is 0 Å². The first kappa shape index (κ1) is 53.3. The first-order valence-electron chi connectivity index (χ1n) is 15.1. The summed E-state index contributed by atoms with van der Waals surface area (Å²) < 4.78 is 63.5. The summed E-state index contributed by atoms with van der Waals surface area (Å²) in [5.41, 5.74) is 3.62. The normalized spacial score (nSPS) is 12.8. The summed E-state index contributed by atoms with van der Waals surface area (Å²) in [7, 11) is 0. The largest absolute Gasteiger partial charge is 0.490 e. The van der Waals surface area contributed by atoms with Crippen LogP contribution in [-0.2, 0) is 43.7 Å². The molecule has 4 rings (SSSR count). The maximum Gasteiger partial charge on any atom is 0.490 e. The van der Waals surface area contributed by atoms with Crippen LogP contribution < -0.4 is 10.6 Å². The van der Waals surface area contributed by atoms with Crippen LogP contribution in [0.15, 0.2) is 48.5 Å². The summed E-state index contributed by atoms with van der Waals surface area (Å²) in [4.78, 5) is 40.3.